The van der Waals surface area contributed by atoms with Gasteiger partial charge in [-0.15, -0.1) is 0 Å². The largest absolute Gasteiger partial charge is 0.508 e. The van der Waals surface area contributed by atoms with E-state index >= 15 is 0 Å². The molecule has 0 aliphatic rings. The first-order valence-corrected chi connectivity index (χ1v) is 24.1. The molecule has 2 aromatic carbocycles. The van der Waals surface area contributed by atoms with Crippen molar-refractivity contribution in [2.45, 2.75) is 135 Å². The van der Waals surface area contributed by atoms with Gasteiger partial charge in [0, 0.05) is 11.8 Å². The summed E-state index contributed by atoms with van der Waals surface area (Å²) in [5, 5.41) is 0. The van der Waals surface area contributed by atoms with Gasteiger partial charge in [0.1, 0.15) is 37.5 Å². The number of alkyl halides is 6. The Balaban J connectivity index is 0.000000685. The zero-order chi connectivity index (χ0) is 51.3. The van der Waals surface area contributed by atoms with Crippen molar-refractivity contribution in [3.63, 3.8) is 0 Å². The molecule has 0 saturated carbocycles. The van der Waals surface area contributed by atoms with Crippen molar-refractivity contribution in [1.29, 1.82) is 0 Å². The van der Waals surface area contributed by atoms with E-state index in [1.807, 2.05) is 95.3 Å². The average molecular weight is 1070 g/mol. The molecule has 0 amide bonds. The summed E-state index contributed by atoms with van der Waals surface area (Å²) in [6.07, 6.45) is -4.48. The van der Waals surface area contributed by atoms with E-state index < -0.39 is 74.3 Å². The monoisotopic (exact) mass is 1060 g/mol. The molecule has 0 bridgehead atoms. The fraction of sp³-hybridized carbons (Fsp3) is 0.646. The third-order valence-electron chi connectivity index (χ3n) is 10.0. The molecule has 0 aliphatic carbocycles. The normalized spacial score (nSPS) is 15.1. The lowest BCUT2D eigenvalue weighted by atomic mass is 9.76. The van der Waals surface area contributed by atoms with Crippen LogP contribution in [0.25, 0.3) is 0 Å². The fourth-order valence-electron chi connectivity index (χ4n) is 6.57. The Morgan fingerprint density at radius 3 is 1.21 bits per heavy atom. The Morgan fingerprint density at radius 2 is 0.896 bits per heavy atom. The predicted molar refractivity (Wildman–Crippen MR) is 262 cm³/mol. The molecule has 0 aromatic heterocycles. The van der Waals surface area contributed by atoms with E-state index in [0.29, 0.717) is 19.5 Å². The highest BCUT2D eigenvalue weighted by Gasteiger charge is 2.46. The van der Waals surface area contributed by atoms with E-state index in [4.69, 9.17) is 108 Å². The Bertz CT molecular complexity index is 1780. The van der Waals surface area contributed by atoms with Gasteiger partial charge in [0.2, 0.25) is 7.59 Å². The number of benzene rings is 2. The molecular weight excluding hydrogens is 997 g/mol. The number of hydrogen-bond donors (Lipinski definition) is 0. The number of hydrogen-bond acceptors (Lipinski definition) is 13. The predicted octanol–water partition coefficient (Wildman–Crippen LogP) is 12.3. The van der Waals surface area contributed by atoms with Crippen molar-refractivity contribution < 1.29 is 61.9 Å². The smallest absolute Gasteiger partial charge is 0.430 e. The maximum atomic E-state index is 13.8. The number of halogens is 6. The average Bonchev–Trinajstić information content (AvgIpc) is 3.24. The molecular formula is C48H68Cl6O13. The minimum atomic E-state index is -1.79. The number of carbonyl (C=O) groups is 5. The van der Waals surface area contributed by atoms with Crippen LogP contribution in [0.15, 0.2) is 60.7 Å². The van der Waals surface area contributed by atoms with E-state index in [-0.39, 0.29) is 48.8 Å². The molecule has 2 rings (SSSR count). The molecule has 0 N–H and O–H groups in total. The van der Waals surface area contributed by atoms with Crippen molar-refractivity contribution in [3.05, 3.63) is 71.8 Å². The second-order valence-electron chi connectivity index (χ2n) is 18.0. The summed E-state index contributed by atoms with van der Waals surface area (Å²) in [5.74, 6) is -2.86. The van der Waals surface area contributed by atoms with E-state index in [0.717, 1.165) is 11.1 Å². The van der Waals surface area contributed by atoms with Crippen molar-refractivity contribution >= 4 is 99.8 Å². The lowest BCUT2D eigenvalue weighted by Crippen LogP contribution is -2.49. The molecule has 6 atom stereocenters. The Morgan fingerprint density at radius 1 is 0.552 bits per heavy atom. The molecule has 0 radical (unpaired) electrons. The van der Waals surface area contributed by atoms with Gasteiger partial charge in [-0.05, 0) is 66.5 Å². The number of ketones is 2. The van der Waals surface area contributed by atoms with E-state index in [9.17, 15) is 24.0 Å². The molecule has 0 spiro atoms. The van der Waals surface area contributed by atoms with Crippen LogP contribution < -0.4 is 0 Å². The fourth-order valence-corrected chi connectivity index (χ4v) is 6.90. The molecule has 0 saturated heterocycles. The molecule has 2 aromatic rings. The first-order chi connectivity index (χ1) is 30.9. The SMILES string of the molecule is CC(C)OC(OC(C)C)C(C)(C)C(=O)[C@H](C)[C@@H](OC(=O)OCC(Cl)(Cl)Cl)[C@@H](C)COCc1ccccc1.C[C@@H](COCc1ccccc1)[C@H](OC(=O)OCC(Cl)(Cl)Cl)[C@@H](C)C(=O)C(C)(C)C=O. The van der Waals surface area contributed by atoms with Crippen LogP contribution in [0.4, 0.5) is 9.59 Å². The summed E-state index contributed by atoms with van der Waals surface area (Å²) >= 11 is 33.8. The highest BCUT2D eigenvalue weighted by atomic mass is 35.6. The van der Waals surface area contributed by atoms with Crippen LogP contribution in [0.2, 0.25) is 0 Å². The van der Waals surface area contributed by atoms with Crippen LogP contribution in [-0.4, -0.2) is 94.9 Å². The van der Waals surface area contributed by atoms with Crippen molar-refractivity contribution in [2.75, 3.05) is 26.4 Å². The van der Waals surface area contributed by atoms with E-state index in [2.05, 4.69) is 0 Å². The van der Waals surface area contributed by atoms with Gasteiger partial charge >= 0.3 is 12.3 Å². The molecule has 0 fully saturated rings. The summed E-state index contributed by atoms with van der Waals surface area (Å²) < 4.78 is 40.7. The third-order valence-corrected chi connectivity index (χ3v) is 10.7. The van der Waals surface area contributed by atoms with Crippen LogP contribution in [0.5, 0.6) is 0 Å². The molecule has 13 nitrogen and oxygen atoms in total. The van der Waals surface area contributed by atoms with Crippen LogP contribution in [-0.2, 0) is 65.5 Å². The topological polar surface area (TPSA) is 159 Å². The Hall–Kier alpha value is -2.43. The summed E-state index contributed by atoms with van der Waals surface area (Å²) in [6.45, 7) is 21.1. The summed E-state index contributed by atoms with van der Waals surface area (Å²) in [6, 6.07) is 19.2. The minimum absolute atomic E-state index is 0.166. The highest BCUT2D eigenvalue weighted by molar-refractivity contribution is 6.68. The lowest BCUT2D eigenvalue weighted by molar-refractivity contribution is -0.229. The van der Waals surface area contributed by atoms with Crippen molar-refractivity contribution in [1.82, 2.24) is 0 Å². The summed E-state index contributed by atoms with van der Waals surface area (Å²) in [7, 11) is 0. The first-order valence-electron chi connectivity index (χ1n) is 21.8. The summed E-state index contributed by atoms with van der Waals surface area (Å²) in [5.41, 5.74) is -0.302. The second kappa shape index (κ2) is 29.7. The van der Waals surface area contributed by atoms with Gasteiger partial charge < -0.3 is 42.7 Å². The maximum Gasteiger partial charge on any atom is 0.508 e. The van der Waals surface area contributed by atoms with Crippen LogP contribution in [0.1, 0.15) is 94.2 Å². The van der Waals surface area contributed by atoms with Gasteiger partial charge in [0.25, 0.3) is 0 Å². The Labute approximate surface area is 426 Å². The Kier molecular flexibility index (Phi) is 27.7. The maximum absolute atomic E-state index is 13.8. The van der Waals surface area contributed by atoms with Crippen molar-refractivity contribution in [3.8, 4) is 0 Å². The zero-order valence-electron chi connectivity index (χ0n) is 40.4. The lowest BCUT2D eigenvalue weighted by Gasteiger charge is -2.38. The third kappa shape index (κ3) is 24.8. The molecule has 0 heterocycles. The van der Waals surface area contributed by atoms with Gasteiger partial charge in [0.05, 0.1) is 61.3 Å². The standard InChI is InChI=1S/C27H41Cl3O7.C21H27Cl3O6/c1-17(2)35-24(36-18(3)4)26(7,8)23(31)20(6)22(37-25(32)34-16-27(28,29)30)19(5)14-33-15-21-12-10-9-11-13-21;1-14(10-28-11-16-8-6-5-7-9-16)17(15(2)18(26)20(3,4)12-25)30-19(27)29-13-21(22,23)24/h9-13,17-20,22,24H,14-16H2,1-8H3;5-9,12,14-15,17H,10-11,13H2,1-4H3/t19-,20+,22-;14-,15+,17-/m00/s1. The number of aldehydes is 1. The molecule has 380 valence electrons. The van der Waals surface area contributed by atoms with Crippen LogP contribution >= 0.6 is 69.6 Å². The quantitative estimate of drug-likeness (QED) is 0.0288. The zero-order valence-corrected chi connectivity index (χ0v) is 44.9. The first kappa shape index (κ1) is 62.6. The van der Waals surface area contributed by atoms with Crippen LogP contribution in [0, 0.1) is 34.5 Å². The number of carbonyl (C=O) groups excluding carboxylic acids is 5. The van der Waals surface area contributed by atoms with Crippen LogP contribution in [0.3, 0.4) is 0 Å². The molecule has 19 heteroatoms. The highest BCUT2D eigenvalue weighted by Crippen LogP contribution is 2.35. The van der Waals surface area contributed by atoms with Gasteiger partial charge in [-0.1, -0.05) is 158 Å². The van der Waals surface area contributed by atoms with Gasteiger partial charge in [-0.3, -0.25) is 9.59 Å². The number of rotatable bonds is 26. The molecule has 0 unspecified atom stereocenters. The number of Topliss-reactive ketones (excluding diaryl/α,β-unsaturated/α-hetero) is 2. The van der Waals surface area contributed by atoms with E-state index in [1.165, 1.54) is 13.8 Å². The van der Waals surface area contributed by atoms with Crippen molar-refractivity contribution in [2.24, 2.45) is 34.5 Å². The van der Waals surface area contributed by atoms with E-state index in [1.54, 1.807) is 34.6 Å². The molecule has 67 heavy (non-hydrogen) atoms. The minimum Gasteiger partial charge on any atom is -0.430 e. The second-order valence-corrected chi connectivity index (χ2v) is 23.0. The van der Waals surface area contributed by atoms with Gasteiger partial charge in [-0.25, -0.2) is 9.59 Å². The molecule has 0 aliphatic heterocycles. The number of ether oxygens (including phenoxy) is 8. The van der Waals surface area contributed by atoms with Gasteiger partial charge in [0.15, 0.2) is 12.1 Å². The summed E-state index contributed by atoms with van der Waals surface area (Å²) in [4.78, 5) is 62.5. The van der Waals surface area contributed by atoms with Gasteiger partial charge in [-0.2, -0.15) is 0 Å².